The van der Waals surface area contributed by atoms with Crippen LogP contribution >= 0.6 is 0 Å². The van der Waals surface area contributed by atoms with Gasteiger partial charge in [-0.2, -0.15) is 13.2 Å². The molecule has 1 aromatic carbocycles. The van der Waals surface area contributed by atoms with Crippen molar-refractivity contribution in [2.24, 2.45) is 0 Å². The zero-order valence-corrected chi connectivity index (χ0v) is 21.9. The normalized spacial score (nSPS) is 24.0. The number of rotatable bonds is 6. The van der Waals surface area contributed by atoms with Crippen molar-refractivity contribution < 1.29 is 18.0 Å². The van der Waals surface area contributed by atoms with Crippen molar-refractivity contribution >= 4 is 11.6 Å². The first-order valence-corrected chi connectivity index (χ1v) is 14.0. The number of likely N-dealkylation sites (tertiary alicyclic amines) is 1. The predicted octanol–water partition coefficient (Wildman–Crippen LogP) is 4.70. The lowest BCUT2D eigenvalue weighted by molar-refractivity contribution is -0.137. The number of nitrogens with one attached hydrogen (secondary N) is 1. The van der Waals surface area contributed by atoms with Crippen LogP contribution in [0.15, 0.2) is 48.8 Å². The quantitative estimate of drug-likeness (QED) is 0.550. The fraction of sp³-hybridized carbons (Fsp3) is 0.586. The second kappa shape index (κ2) is 12.0. The van der Waals surface area contributed by atoms with Gasteiger partial charge in [0, 0.05) is 69.4 Å². The summed E-state index contributed by atoms with van der Waals surface area (Å²) >= 11 is 0. The van der Waals surface area contributed by atoms with E-state index in [1.54, 1.807) is 18.5 Å². The van der Waals surface area contributed by atoms with Gasteiger partial charge in [-0.05, 0) is 55.2 Å². The first-order valence-electron chi connectivity index (χ1n) is 14.0. The van der Waals surface area contributed by atoms with Crippen LogP contribution in [0.5, 0.6) is 0 Å². The largest absolute Gasteiger partial charge is 0.416 e. The number of benzene rings is 1. The molecule has 3 fully saturated rings. The van der Waals surface area contributed by atoms with Gasteiger partial charge in [0.15, 0.2) is 0 Å². The molecule has 1 N–H and O–H groups in total. The summed E-state index contributed by atoms with van der Waals surface area (Å²) in [5, 5.41) is 3.88. The molecule has 38 heavy (non-hydrogen) atoms. The number of piperazine rings is 1. The Hall–Kier alpha value is -2.65. The maximum Gasteiger partial charge on any atom is 0.416 e. The Morgan fingerprint density at radius 2 is 1.66 bits per heavy atom. The van der Waals surface area contributed by atoms with E-state index in [1.165, 1.54) is 50.7 Å². The third kappa shape index (κ3) is 6.67. The molecule has 1 amide bonds. The molecule has 1 saturated carbocycles. The summed E-state index contributed by atoms with van der Waals surface area (Å²) in [6, 6.07) is 10.1. The van der Waals surface area contributed by atoms with Crippen molar-refractivity contribution in [1.29, 1.82) is 0 Å². The SMILES string of the molecule is O=C([C@@H]1C[C@@H](NC2CCCCCC2)CN1Cc1ccncc1)N1CCN(c2cccc(C(F)(F)F)c2)CC1. The fourth-order valence-corrected chi connectivity index (χ4v) is 6.23. The van der Waals surface area contributed by atoms with Gasteiger partial charge in [0.1, 0.15) is 0 Å². The molecule has 2 atom stereocenters. The van der Waals surface area contributed by atoms with E-state index in [0.717, 1.165) is 24.6 Å². The van der Waals surface area contributed by atoms with Crippen molar-refractivity contribution in [2.75, 3.05) is 37.6 Å². The number of pyridine rings is 1. The fourth-order valence-electron chi connectivity index (χ4n) is 6.23. The maximum absolute atomic E-state index is 13.8. The van der Waals surface area contributed by atoms with Gasteiger partial charge in [-0.3, -0.25) is 14.7 Å². The average Bonchev–Trinajstić information content (AvgIpc) is 3.13. The van der Waals surface area contributed by atoms with Crippen molar-refractivity contribution in [3.05, 3.63) is 59.9 Å². The lowest BCUT2D eigenvalue weighted by Crippen LogP contribution is -2.53. The van der Waals surface area contributed by atoms with Gasteiger partial charge in [0.25, 0.3) is 0 Å². The number of carbonyl (C=O) groups excluding carboxylic acids is 1. The average molecular weight is 530 g/mol. The molecule has 9 heteroatoms. The van der Waals surface area contributed by atoms with E-state index < -0.39 is 11.7 Å². The Labute approximate surface area is 223 Å². The molecule has 5 rings (SSSR count). The number of carbonyl (C=O) groups is 1. The molecular formula is C29H38F3N5O. The van der Waals surface area contributed by atoms with Crippen LogP contribution in [0.25, 0.3) is 0 Å². The Morgan fingerprint density at radius 1 is 0.947 bits per heavy atom. The Morgan fingerprint density at radius 3 is 2.34 bits per heavy atom. The zero-order chi connectivity index (χ0) is 26.5. The van der Waals surface area contributed by atoms with Crippen molar-refractivity contribution in [1.82, 2.24) is 20.1 Å². The van der Waals surface area contributed by atoms with Crippen LogP contribution in [-0.4, -0.2) is 71.5 Å². The molecule has 2 aliphatic heterocycles. The third-order valence-corrected chi connectivity index (χ3v) is 8.28. The molecule has 1 aliphatic carbocycles. The number of halogens is 3. The number of hydrogen-bond donors (Lipinski definition) is 1. The number of hydrogen-bond acceptors (Lipinski definition) is 5. The van der Waals surface area contributed by atoms with Crippen LogP contribution < -0.4 is 10.2 Å². The third-order valence-electron chi connectivity index (χ3n) is 8.28. The van der Waals surface area contributed by atoms with Gasteiger partial charge in [-0.15, -0.1) is 0 Å². The van der Waals surface area contributed by atoms with Crippen LogP contribution in [0.2, 0.25) is 0 Å². The summed E-state index contributed by atoms with van der Waals surface area (Å²) < 4.78 is 39.6. The highest BCUT2D eigenvalue weighted by Gasteiger charge is 2.40. The molecule has 0 spiro atoms. The van der Waals surface area contributed by atoms with E-state index in [9.17, 15) is 18.0 Å². The highest BCUT2D eigenvalue weighted by molar-refractivity contribution is 5.82. The minimum atomic E-state index is -4.37. The van der Waals surface area contributed by atoms with Gasteiger partial charge in [-0.25, -0.2) is 0 Å². The van der Waals surface area contributed by atoms with E-state index in [2.05, 4.69) is 15.2 Å². The number of amides is 1. The highest BCUT2D eigenvalue weighted by Crippen LogP contribution is 2.32. The van der Waals surface area contributed by atoms with E-state index in [0.29, 0.717) is 44.5 Å². The number of aromatic nitrogens is 1. The minimum absolute atomic E-state index is 0.132. The molecule has 2 saturated heterocycles. The highest BCUT2D eigenvalue weighted by atomic mass is 19.4. The summed E-state index contributed by atoms with van der Waals surface area (Å²) in [7, 11) is 0. The van der Waals surface area contributed by atoms with E-state index >= 15 is 0 Å². The number of nitrogens with zero attached hydrogens (tertiary/aromatic N) is 4. The van der Waals surface area contributed by atoms with Gasteiger partial charge >= 0.3 is 6.18 Å². The minimum Gasteiger partial charge on any atom is -0.368 e. The lowest BCUT2D eigenvalue weighted by Gasteiger charge is -2.38. The second-order valence-corrected chi connectivity index (χ2v) is 10.9. The summed E-state index contributed by atoms with van der Waals surface area (Å²) in [6.45, 7) is 3.60. The Balaban J connectivity index is 1.23. The molecular weight excluding hydrogens is 491 g/mol. The monoisotopic (exact) mass is 529 g/mol. The van der Waals surface area contributed by atoms with Crippen molar-refractivity contribution in [2.45, 2.75) is 75.8 Å². The van der Waals surface area contributed by atoms with Crippen molar-refractivity contribution in [3.63, 3.8) is 0 Å². The van der Waals surface area contributed by atoms with Crippen LogP contribution in [0.1, 0.15) is 56.1 Å². The number of anilines is 1. The molecule has 206 valence electrons. The predicted molar refractivity (Wildman–Crippen MR) is 142 cm³/mol. The lowest BCUT2D eigenvalue weighted by atomic mass is 10.1. The number of alkyl halides is 3. The van der Waals surface area contributed by atoms with Gasteiger partial charge in [0.2, 0.25) is 5.91 Å². The molecule has 3 heterocycles. The van der Waals surface area contributed by atoms with Crippen LogP contribution in [0.3, 0.4) is 0 Å². The van der Waals surface area contributed by atoms with Crippen LogP contribution in [0.4, 0.5) is 18.9 Å². The maximum atomic E-state index is 13.8. The van der Waals surface area contributed by atoms with E-state index in [-0.39, 0.29) is 18.0 Å². The molecule has 1 aromatic heterocycles. The molecule has 0 unspecified atom stereocenters. The Bertz CT molecular complexity index is 1050. The molecule has 2 aromatic rings. The van der Waals surface area contributed by atoms with Gasteiger partial charge < -0.3 is 15.1 Å². The molecule has 3 aliphatic rings. The van der Waals surface area contributed by atoms with Crippen LogP contribution in [0, 0.1) is 0 Å². The standard InChI is InChI=1S/C29H38F3N5O/c30-29(31,32)23-6-5-9-26(18-23)35-14-16-36(17-15-35)28(38)27-19-25(34-24-7-3-1-2-4-8-24)21-37(27)20-22-10-12-33-13-11-22/h5-6,9-13,18,24-25,27,34H,1-4,7-8,14-17,19-21H2/t25-,27+/m1/s1. The Kier molecular flexibility index (Phi) is 8.53. The summed E-state index contributed by atoms with van der Waals surface area (Å²) in [4.78, 5) is 24.1. The van der Waals surface area contributed by atoms with Gasteiger partial charge in [0.05, 0.1) is 11.6 Å². The first-order chi connectivity index (χ1) is 18.4. The second-order valence-electron chi connectivity index (χ2n) is 10.9. The molecule has 0 radical (unpaired) electrons. The molecule has 0 bridgehead atoms. The van der Waals surface area contributed by atoms with E-state index in [1.807, 2.05) is 21.9 Å². The zero-order valence-electron chi connectivity index (χ0n) is 21.9. The molecule has 6 nitrogen and oxygen atoms in total. The summed E-state index contributed by atoms with van der Waals surface area (Å²) in [5.74, 6) is 0.132. The first kappa shape index (κ1) is 26.9. The smallest absolute Gasteiger partial charge is 0.368 e. The van der Waals surface area contributed by atoms with Gasteiger partial charge in [-0.1, -0.05) is 31.7 Å². The summed E-state index contributed by atoms with van der Waals surface area (Å²) in [5.41, 5.74) is 1.06. The van der Waals surface area contributed by atoms with Crippen molar-refractivity contribution in [3.8, 4) is 0 Å². The topological polar surface area (TPSA) is 51.7 Å². The van der Waals surface area contributed by atoms with Crippen LogP contribution in [-0.2, 0) is 17.5 Å². The van der Waals surface area contributed by atoms with E-state index in [4.69, 9.17) is 0 Å². The summed E-state index contributed by atoms with van der Waals surface area (Å²) in [6.07, 6.45) is 7.56.